The van der Waals surface area contributed by atoms with E-state index in [1.165, 1.54) is 0 Å². The molecule has 2 heterocycles. The average Bonchev–Trinajstić information content (AvgIpc) is 2.89. The molecule has 0 bridgehead atoms. The van der Waals surface area contributed by atoms with Gasteiger partial charge in [-0.05, 0) is 23.2 Å². The van der Waals surface area contributed by atoms with Crippen LogP contribution in [-0.2, 0) is 17.9 Å². The second-order valence-corrected chi connectivity index (χ2v) is 5.57. The van der Waals surface area contributed by atoms with Gasteiger partial charge in [0, 0.05) is 19.8 Å². The number of carbonyl (C=O) groups is 1. The Morgan fingerprint density at radius 3 is 2.70 bits per heavy atom. The Bertz CT molecular complexity index is 848. The molecule has 0 amide bonds. The molecule has 0 radical (unpaired) electrons. The van der Waals surface area contributed by atoms with E-state index in [2.05, 4.69) is 9.97 Å². The summed E-state index contributed by atoms with van der Waals surface area (Å²) in [5.41, 5.74) is 2.41. The lowest BCUT2D eigenvalue weighted by Crippen LogP contribution is -2.20. The van der Waals surface area contributed by atoms with Gasteiger partial charge in [-0.25, -0.2) is 4.98 Å². The monoisotopic (exact) mass is 330 g/mol. The molecule has 2 aromatic heterocycles. The van der Waals surface area contributed by atoms with Gasteiger partial charge in [0.25, 0.3) is 0 Å². The molecule has 3 aromatic rings. The number of fused-ring (bicyclic) bond motifs is 1. The minimum Gasteiger partial charge on any atom is -0.480 e. The number of aliphatic carboxylic acids is 1. The van der Waals surface area contributed by atoms with Gasteiger partial charge in [-0.2, -0.15) is 4.98 Å². The molecule has 0 saturated carbocycles. The van der Waals surface area contributed by atoms with Crippen molar-refractivity contribution in [2.45, 2.75) is 13.1 Å². The minimum atomic E-state index is -0.922. The zero-order valence-electron chi connectivity index (χ0n) is 12.5. The molecule has 7 heteroatoms. The maximum absolute atomic E-state index is 11.0. The average molecular weight is 331 g/mol. The summed E-state index contributed by atoms with van der Waals surface area (Å²) in [5.74, 6) is -0.316. The molecule has 0 spiro atoms. The van der Waals surface area contributed by atoms with E-state index in [1.54, 1.807) is 16.8 Å². The fourth-order valence-electron chi connectivity index (χ4n) is 2.53. The van der Waals surface area contributed by atoms with Gasteiger partial charge in [0.05, 0.1) is 5.52 Å². The Labute approximate surface area is 138 Å². The van der Waals surface area contributed by atoms with Crippen molar-refractivity contribution in [2.75, 3.05) is 11.9 Å². The number of carboxylic acids is 1. The number of rotatable bonds is 5. The van der Waals surface area contributed by atoms with Gasteiger partial charge < -0.3 is 14.6 Å². The molecule has 3 rings (SSSR count). The first kappa shape index (κ1) is 15.3. The fourth-order valence-corrected chi connectivity index (χ4v) is 2.71. The predicted molar refractivity (Wildman–Crippen MR) is 88.7 cm³/mol. The largest absolute Gasteiger partial charge is 0.480 e. The first-order valence-corrected chi connectivity index (χ1v) is 7.41. The SMILES string of the molecule is CN(Cc1ccccc1)c1nc(Cl)nc2ccn(CC(=O)O)c12. The van der Waals surface area contributed by atoms with Crippen molar-refractivity contribution in [3.63, 3.8) is 0 Å². The quantitative estimate of drug-likeness (QED) is 0.728. The molecule has 23 heavy (non-hydrogen) atoms. The highest BCUT2D eigenvalue weighted by Gasteiger charge is 2.16. The molecule has 1 aromatic carbocycles. The van der Waals surface area contributed by atoms with E-state index in [1.807, 2.05) is 42.3 Å². The van der Waals surface area contributed by atoms with E-state index in [9.17, 15) is 4.79 Å². The highest BCUT2D eigenvalue weighted by atomic mass is 35.5. The molecule has 0 aliphatic heterocycles. The van der Waals surface area contributed by atoms with E-state index in [-0.39, 0.29) is 11.8 Å². The van der Waals surface area contributed by atoms with Crippen LogP contribution in [0.1, 0.15) is 5.56 Å². The first-order valence-electron chi connectivity index (χ1n) is 7.04. The Morgan fingerprint density at radius 1 is 1.26 bits per heavy atom. The maximum Gasteiger partial charge on any atom is 0.323 e. The van der Waals surface area contributed by atoms with Crippen molar-refractivity contribution in [3.05, 3.63) is 53.4 Å². The third-order valence-corrected chi connectivity index (χ3v) is 3.66. The second kappa shape index (κ2) is 6.26. The molecule has 1 N–H and O–H groups in total. The Hall–Kier alpha value is -2.60. The molecular formula is C16H15ClN4O2. The molecule has 0 fully saturated rings. The van der Waals surface area contributed by atoms with Crippen molar-refractivity contribution in [1.29, 1.82) is 0 Å². The predicted octanol–water partition coefficient (Wildman–Crippen LogP) is 2.81. The zero-order chi connectivity index (χ0) is 16.4. The smallest absolute Gasteiger partial charge is 0.323 e. The number of benzene rings is 1. The van der Waals surface area contributed by atoms with Gasteiger partial charge in [-0.15, -0.1) is 0 Å². The van der Waals surface area contributed by atoms with Gasteiger partial charge in [0.15, 0.2) is 5.82 Å². The third kappa shape index (κ3) is 3.27. The summed E-state index contributed by atoms with van der Waals surface area (Å²) in [4.78, 5) is 21.5. The molecule has 0 saturated heterocycles. The normalized spacial score (nSPS) is 10.9. The lowest BCUT2D eigenvalue weighted by atomic mass is 10.2. The van der Waals surface area contributed by atoms with E-state index in [0.717, 1.165) is 5.56 Å². The summed E-state index contributed by atoms with van der Waals surface area (Å²) >= 11 is 6.01. The number of carboxylic acid groups (broad SMARTS) is 1. The summed E-state index contributed by atoms with van der Waals surface area (Å²) in [6.07, 6.45) is 1.68. The minimum absolute atomic E-state index is 0.139. The van der Waals surface area contributed by atoms with Crippen molar-refractivity contribution >= 4 is 34.4 Å². The summed E-state index contributed by atoms with van der Waals surface area (Å²) in [6, 6.07) is 11.7. The van der Waals surface area contributed by atoms with Crippen molar-refractivity contribution < 1.29 is 9.90 Å². The molecular weight excluding hydrogens is 316 g/mol. The standard InChI is InChI=1S/C16H15ClN4O2/c1-20(9-11-5-3-2-4-6-11)15-14-12(18-16(17)19-15)7-8-21(14)10-13(22)23/h2-8H,9-10H2,1H3,(H,22,23). The number of aromatic nitrogens is 3. The summed E-state index contributed by atoms with van der Waals surface area (Å²) in [6.45, 7) is 0.474. The first-order chi connectivity index (χ1) is 11.0. The Kier molecular flexibility index (Phi) is 4.16. The Morgan fingerprint density at radius 2 is 2.00 bits per heavy atom. The summed E-state index contributed by atoms with van der Waals surface area (Å²) in [7, 11) is 1.89. The van der Waals surface area contributed by atoms with Crippen LogP contribution in [0, 0.1) is 0 Å². The van der Waals surface area contributed by atoms with Crippen LogP contribution in [0.3, 0.4) is 0 Å². The fraction of sp³-hybridized carbons (Fsp3) is 0.188. The van der Waals surface area contributed by atoms with Crippen LogP contribution in [0.5, 0.6) is 0 Å². The topological polar surface area (TPSA) is 71.2 Å². The summed E-state index contributed by atoms with van der Waals surface area (Å²) < 4.78 is 1.62. The van der Waals surface area contributed by atoms with Gasteiger partial charge in [0.2, 0.25) is 5.28 Å². The van der Waals surface area contributed by atoms with Crippen LogP contribution in [0.4, 0.5) is 5.82 Å². The molecule has 0 aliphatic rings. The van der Waals surface area contributed by atoms with Crippen molar-refractivity contribution in [2.24, 2.45) is 0 Å². The molecule has 118 valence electrons. The van der Waals surface area contributed by atoms with Gasteiger partial charge in [-0.1, -0.05) is 30.3 Å². The van der Waals surface area contributed by atoms with Crippen LogP contribution in [0.15, 0.2) is 42.6 Å². The lowest BCUT2D eigenvalue weighted by molar-refractivity contribution is -0.137. The van der Waals surface area contributed by atoms with E-state index < -0.39 is 5.97 Å². The number of hydrogen-bond donors (Lipinski definition) is 1. The highest BCUT2D eigenvalue weighted by Crippen LogP contribution is 2.26. The molecule has 0 atom stereocenters. The van der Waals surface area contributed by atoms with Crippen LogP contribution >= 0.6 is 11.6 Å². The maximum atomic E-state index is 11.0. The molecule has 0 unspecified atom stereocenters. The van der Waals surface area contributed by atoms with Gasteiger partial charge in [-0.3, -0.25) is 4.79 Å². The number of halogens is 1. The number of nitrogens with zero attached hydrogens (tertiary/aromatic N) is 4. The number of hydrogen-bond acceptors (Lipinski definition) is 4. The number of anilines is 1. The Balaban J connectivity index is 2.04. The van der Waals surface area contributed by atoms with Crippen LogP contribution < -0.4 is 4.90 Å². The second-order valence-electron chi connectivity index (χ2n) is 5.23. The van der Waals surface area contributed by atoms with E-state index in [0.29, 0.717) is 23.4 Å². The van der Waals surface area contributed by atoms with Gasteiger partial charge >= 0.3 is 5.97 Å². The van der Waals surface area contributed by atoms with Crippen LogP contribution in [-0.4, -0.2) is 32.7 Å². The highest BCUT2D eigenvalue weighted by molar-refractivity contribution is 6.28. The van der Waals surface area contributed by atoms with Crippen LogP contribution in [0.25, 0.3) is 11.0 Å². The third-order valence-electron chi connectivity index (χ3n) is 3.49. The van der Waals surface area contributed by atoms with Gasteiger partial charge in [0.1, 0.15) is 12.1 Å². The van der Waals surface area contributed by atoms with Crippen molar-refractivity contribution in [1.82, 2.24) is 14.5 Å². The van der Waals surface area contributed by atoms with E-state index >= 15 is 0 Å². The lowest BCUT2D eigenvalue weighted by Gasteiger charge is -2.20. The van der Waals surface area contributed by atoms with Crippen molar-refractivity contribution in [3.8, 4) is 0 Å². The molecule has 0 aliphatic carbocycles. The zero-order valence-corrected chi connectivity index (χ0v) is 13.2. The van der Waals surface area contributed by atoms with Crippen LogP contribution in [0.2, 0.25) is 5.28 Å². The molecule has 6 nitrogen and oxygen atoms in total. The van der Waals surface area contributed by atoms with E-state index in [4.69, 9.17) is 16.7 Å². The summed E-state index contributed by atoms with van der Waals surface area (Å²) in [5, 5.41) is 9.20.